The molecular weight excluding hydrogens is 316 g/mol. The predicted octanol–water partition coefficient (Wildman–Crippen LogP) is 4.93. The number of hydrogen-bond donors (Lipinski definition) is 0. The second-order valence-corrected chi connectivity index (χ2v) is 5.19. The van der Waals surface area contributed by atoms with Crippen molar-refractivity contribution in [1.29, 1.82) is 0 Å². The number of hydrogen-bond acceptors (Lipinski definition) is 0. The van der Waals surface area contributed by atoms with E-state index in [1.165, 1.54) is 27.2 Å². The van der Waals surface area contributed by atoms with Crippen molar-refractivity contribution in [2.45, 2.75) is 12.8 Å². The summed E-state index contributed by atoms with van der Waals surface area (Å²) < 4.78 is 1.22. The number of rotatable bonds is 3. The van der Waals surface area contributed by atoms with Gasteiger partial charge >= 0.3 is 0 Å². The summed E-state index contributed by atoms with van der Waals surface area (Å²) in [4.78, 5) is 0. The maximum atomic E-state index is 3.63. The molecule has 0 heterocycles. The lowest BCUT2D eigenvalue weighted by Crippen LogP contribution is -1.90. The average molecular weight is 328 g/mol. The van der Waals surface area contributed by atoms with Crippen LogP contribution in [0.15, 0.2) is 40.9 Å². The molecule has 2 heteroatoms. The van der Waals surface area contributed by atoms with Crippen molar-refractivity contribution in [2.24, 2.45) is 0 Å². The monoisotopic (exact) mass is 326 g/mol. The van der Waals surface area contributed by atoms with Crippen molar-refractivity contribution in [3.05, 3.63) is 46.4 Å². The fourth-order valence-corrected chi connectivity index (χ4v) is 2.63. The molecule has 2 rings (SSSR count). The molecule has 0 saturated carbocycles. The summed E-state index contributed by atoms with van der Waals surface area (Å²) in [7, 11) is 0. The van der Waals surface area contributed by atoms with E-state index >= 15 is 0 Å². The van der Waals surface area contributed by atoms with E-state index in [0.717, 1.165) is 11.8 Å². The van der Waals surface area contributed by atoms with E-state index in [1.54, 1.807) is 0 Å². The van der Waals surface area contributed by atoms with Crippen LogP contribution in [0.25, 0.3) is 10.8 Å². The highest BCUT2D eigenvalue weighted by Gasteiger charge is 2.04. The second-order valence-electron chi connectivity index (χ2n) is 3.54. The Morgan fingerprint density at radius 3 is 2.60 bits per heavy atom. The predicted molar refractivity (Wildman–Crippen MR) is 73.8 cm³/mol. The Kier molecular flexibility index (Phi) is 3.81. The van der Waals surface area contributed by atoms with Crippen LogP contribution >= 0.6 is 31.9 Å². The molecule has 0 spiro atoms. The smallest absolute Gasteiger partial charge is 0.0213 e. The first-order valence-corrected chi connectivity index (χ1v) is 6.96. The summed E-state index contributed by atoms with van der Waals surface area (Å²) in [5, 5.41) is 3.75. The zero-order chi connectivity index (χ0) is 10.7. The van der Waals surface area contributed by atoms with Gasteiger partial charge in [0.1, 0.15) is 0 Å². The first kappa shape index (κ1) is 11.2. The normalized spacial score (nSPS) is 10.8. The van der Waals surface area contributed by atoms with Crippen LogP contribution in [0.4, 0.5) is 0 Å². The van der Waals surface area contributed by atoms with Crippen LogP contribution in [0, 0.1) is 0 Å². The van der Waals surface area contributed by atoms with Crippen LogP contribution < -0.4 is 0 Å². The third-order valence-electron chi connectivity index (χ3n) is 2.54. The molecule has 0 amide bonds. The van der Waals surface area contributed by atoms with Crippen molar-refractivity contribution >= 4 is 42.6 Å². The Balaban J connectivity index is 2.53. The lowest BCUT2D eigenvalue weighted by atomic mass is 10.0. The molecule has 2 aromatic rings. The topological polar surface area (TPSA) is 0 Å². The van der Waals surface area contributed by atoms with Gasteiger partial charge in [0.2, 0.25) is 0 Å². The third kappa shape index (κ3) is 2.43. The average Bonchev–Trinajstić information content (AvgIpc) is 2.28. The van der Waals surface area contributed by atoms with Crippen molar-refractivity contribution in [1.82, 2.24) is 0 Å². The summed E-state index contributed by atoms with van der Waals surface area (Å²) in [6.07, 6.45) is 2.29. The minimum Gasteiger partial charge on any atom is -0.0928 e. The molecule has 0 aliphatic carbocycles. The van der Waals surface area contributed by atoms with Gasteiger partial charge in [0.05, 0.1) is 0 Å². The van der Waals surface area contributed by atoms with Gasteiger partial charge in [0, 0.05) is 9.80 Å². The SMILES string of the molecule is BrCCCc1c(Br)ccc2ccccc12. The fraction of sp³-hybridized carbons (Fsp3) is 0.231. The lowest BCUT2D eigenvalue weighted by molar-refractivity contribution is 0.943. The number of fused-ring (bicyclic) bond motifs is 1. The molecule has 0 aliphatic heterocycles. The van der Waals surface area contributed by atoms with Gasteiger partial charge in [0.15, 0.2) is 0 Å². The molecule has 0 bridgehead atoms. The van der Waals surface area contributed by atoms with Gasteiger partial charge in [0.25, 0.3) is 0 Å². The summed E-state index contributed by atoms with van der Waals surface area (Å²) in [6.45, 7) is 0. The van der Waals surface area contributed by atoms with Crippen LogP contribution in [0.3, 0.4) is 0 Å². The fourth-order valence-electron chi connectivity index (χ4n) is 1.81. The Morgan fingerprint density at radius 1 is 1.00 bits per heavy atom. The van der Waals surface area contributed by atoms with Gasteiger partial charge in [-0.15, -0.1) is 0 Å². The minimum absolute atomic E-state index is 1.06. The van der Waals surface area contributed by atoms with E-state index in [-0.39, 0.29) is 0 Å². The Labute approximate surface area is 107 Å². The molecule has 0 unspecified atom stereocenters. The van der Waals surface area contributed by atoms with E-state index in [9.17, 15) is 0 Å². The molecule has 0 N–H and O–H groups in total. The van der Waals surface area contributed by atoms with Gasteiger partial charge in [-0.1, -0.05) is 62.2 Å². The molecule has 0 nitrogen and oxygen atoms in total. The Morgan fingerprint density at radius 2 is 1.80 bits per heavy atom. The number of aryl methyl sites for hydroxylation is 1. The molecule has 0 atom stereocenters. The number of benzene rings is 2. The molecule has 78 valence electrons. The standard InChI is InChI=1S/C13H12Br2/c14-9-3-6-12-11-5-2-1-4-10(11)7-8-13(12)15/h1-2,4-5,7-8H,3,6,9H2. The highest BCUT2D eigenvalue weighted by Crippen LogP contribution is 2.27. The Hall–Kier alpha value is -0.340. The zero-order valence-corrected chi connectivity index (χ0v) is 11.5. The van der Waals surface area contributed by atoms with E-state index in [2.05, 4.69) is 68.3 Å². The molecule has 2 aromatic carbocycles. The van der Waals surface area contributed by atoms with E-state index in [0.29, 0.717) is 0 Å². The minimum atomic E-state index is 1.06. The van der Waals surface area contributed by atoms with Crippen LogP contribution in [-0.4, -0.2) is 5.33 Å². The van der Waals surface area contributed by atoms with Crippen molar-refractivity contribution in [3.8, 4) is 0 Å². The van der Waals surface area contributed by atoms with E-state index in [1.807, 2.05) is 0 Å². The van der Waals surface area contributed by atoms with Crippen LogP contribution in [-0.2, 0) is 6.42 Å². The number of halogens is 2. The summed E-state index contributed by atoms with van der Waals surface area (Å²) in [6, 6.07) is 12.9. The number of alkyl halides is 1. The quantitative estimate of drug-likeness (QED) is 0.701. The van der Waals surface area contributed by atoms with Crippen LogP contribution in [0.2, 0.25) is 0 Å². The lowest BCUT2D eigenvalue weighted by Gasteiger charge is -2.08. The van der Waals surface area contributed by atoms with Crippen LogP contribution in [0.1, 0.15) is 12.0 Å². The summed E-state index contributed by atoms with van der Waals surface area (Å²) in [5.74, 6) is 0. The van der Waals surface area contributed by atoms with E-state index in [4.69, 9.17) is 0 Å². The van der Waals surface area contributed by atoms with Crippen LogP contribution in [0.5, 0.6) is 0 Å². The first-order valence-electron chi connectivity index (χ1n) is 5.05. The third-order valence-corrected chi connectivity index (χ3v) is 3.85. The maximum absolute atomic E-state index is 3.63. The van der Waals surface area contributed by atoms with Gasteiger partial charge < -0.3 is 0 Å². The van der Waals surface area contributed by atoms with E-state index < -0.39 is 0 Å². The second kappa shape index (κ2) is 5.13. The molecule has 0 aromatic heterocycles. The largest absolute Gasteiger partial charge is 0.0928 e. The zero-order valence-electron chi connectivity index (χ0n) is 8.34. The van der Waals surface area contributed by atoms with Gasteiger partial charge in [-0.25, -0.2) is 0 Å². The molecular formula is C13H12Br2. The molecule has 0 radical (unpaired) electrons. The molecule has 0 fully saturated rings. The molecule has 15 heavy (non-hydrogen) atoms. The van der Waals surface area contributed by atoms with Gasteiger partial charge in [-0.2, -0.15) is 0 Å². The van der Waals surface area contributed by atoms with Gasteiger partial charge in [-0.05, 0) is 35.2 Å². The van der Waals surface area contributed by atoms with Gasteiger partial charge in [-0.3, -0.25) is 0 Å². The maximum Gasteiger partial charge on any atom is 0.0213 e. The Bertz CT molecular complexity index is 463. The highest BCUT2D eigenvalue weighted by molar-refractivity contribution is 9.10. The van der Waals surface area contributed by atoms with Crippen molar-refractivity contribution < 1.29 is 0 Å². The summed E-state index contributed by atoms with van der Waals surface area (Å²) in [5.41, 5.74) is 1.42. The van der Waals surface area contributed by atoms with Crippen molar-refractivity contribution in [3.63, 3.8) is 0 Å². The first-order chi connectivity index (χ1) is 7.33. The molecule has 0 aliphatic rings. The molecule has 0 saturated heterocycles. The highest BCUT2D eigenvalue weighted by atomic mass is 79.9. The summed E-state index contributed by atoms with van der Waals surface area (Å²) >= 11 is 7.11. The van der Waals surface area contributed by atoms with Crippen molar-refractivity contribution in [2.75, 3.05) is 5.33 Å².